The lowest BCUT2D eigenvalue weighted by Gasteiger charge is -2.01. The van der Waals surface area contributed by atoms with Gasteiger partial charge in [0.15, 0.2) is 9.84 Å². The molecule has 1 aromatic carbocycles. The van der Waals surface area contributed by atoms with E-state index in [9.17, 15) is 8.42 Å². The first-order chi connectivity index (χ1) is 8.88. The third kappa shape index (κ3) is 3.15. The van der Waals surface area contributed by atoms with E-state index in [0.29, 0.717) is 16.5 Å². The maximum atomic E-state index is 11.4. The van der Waals surface area contributed by atoms with E-state index >= 15 is 0 Å². The van der Waals surface area contributed by atoms with Crippen LogP contribution in [0.1, 0.15) is 5.56 Å². The molecular formula is C10H10ClN5O2S. The highest BCUT2D eigenvalue weighted by Crippen LogP contribution is 2.20. The number of aliphatic imine (C=N–C) groups is 1. The Bertz CT molecular complexity index is 738. The van der Waals surface area contributed by atoms with Crippen LogP contribution >= 0.6 is 11.6 Å². The first-order valence-electron chi connectivity index (χ1n) is 5.14. The molecule has 0 aliphatic carbocycles. The van der Waals surface area contributed by atoms with Crippen LogP contribution in [0, 0.1) is 0 Å². The van der Waals surface area contributed by atoms with Gasteiger partial charge in [-0.05, 0) is 22.6 Å². The fourth-order valence-electron chi connectivity index (χ4n) is 1.30. The fourth-order valence-corrected chi connectivity index (χ4v) is 2.25. The average molecular weight is 300 g/mol. The number of tetrazole rings is 1. The molecule has 0 aliphatic rings. The molecule has 100 valence electrons. The van der Waals surface area contributed by atoms with E-state index in [0.717, 1.165) is 6.26 Å². The van der Waals surface area contributed by atoms with Gasteiger partial charge in [0.05, 0.1) is 9.92 Å². The molecule has 7 nitrogen and oxygen atoms in total. The molecule has 9 heteroatoms. The monoisotopic (exact) mass is 299 g/mol. The summed E-state index contributed by atoms with van der Waals surface area (Å²) >= 11 is 6.00. The van der Waals surface area contributed by atoms with Crippen LogP contribution in [0.3, 0.4) is 0 Å². The minimum atomic E-state index is -3.27. The molecule has 0 bridgehead atoms. The van der Waals surface area contributed by atoms with Crippen molar-refractivity contribution < 1.29 is 8.42 Å². The molecule has 0 amide bonds. The van der Waals surface area contributed by atoms with Gasteiger partial charge in [-0.1, -0.05) is 22.8 Å². The molecule has 0 spiro atoms. The number of rotatable bonds is 3. The van der Waals surface area contributed by atoms with E-state index in [-0.39, 0.29) is 4.90 Å². The summed E-state index contributed by atoms with van der Waals surface area (Å²) in [5.41, 5.74) is 0.581. The topological polar surface area (TPSA) is 90.1 Å². The van der Waals surface area contributed by atoms with Crippen molar-refractivity contribution in [3.63, 3.8) is 0 Å². The van der Waals surface area contributed by atoms with Crippen LogP contribution < -0.4 is 0 Å². The van der Waals surface area contributed by atoms with Crippen molar-refractivity contribution in [2.24, 2.45) is 12.0 Å². The van der Waals surface area contributed by atoms with Crippen molar-refractivity contribution in [2.75, 3.05) is 6.26 Å². The molecule has 0 radical (unpaired) electrons. The minimum absolute atomic E-state index is 0.162. The summed E-state index contributed by atoms with van der Waals surface area (Å²) in [5, 5.41) is 11.0. The molecule has 0 atom stereocenters. The molecule has 2 rings (SSSR count). The Kier molecular flexibility index (Phi) is 3.63. The quantitative estimate of drug-likeness (QED) is 0.789. The summed E-state index contributed by atoms with van der Waals surface area (Å²) in [4.78, 5) is 4.22. The van der Waals surface area contributed by atoms with E-state index in [2.05, 4.69) is 20.5 Å². The minimum Gasteiger partial charge on any atom is -0.224 e. The molecule has 0 N–H and O–H groups in total. The lowest BCUT2D eigenvalue weighted by molar-refractivity contribution is 0.602. The number of benzene rings is 1. The number of sulfone groups is 1. The summed E-state index contributed by atoms with van der Waals surface area (Å²) in [6.45, 7) is 0. The number of hydrogen-bond donors (Lipinski definition) is 0. The van der Waals surface area contributed by atoms with Crippen molar-refractivity contribution in [2.45, 2.75) is 4.90 Å². The summed E-state index contributed by atoms with van der Waals surface area (Å²) in [6, 6.07) is 4.43. The van der Waals surface area contributed by atoms with Crippen LogP contribution in [0.2, 0.25) is 5.02 Å². The Morgan fingerprint density at radius 2 is 2.16 bits per heavy atom. The van der Waals surface area contributed by atoms with Gasteiger partial charge in [-0.25, -0.2) is 18.1 Å². The largest absolute Gasteiger partial charge is 0.268 e. The first-order valence-corrected chi connectivity index (χ1v) is 7.41. The third-order valence-electron chi connectivity index (χ3n) is 2.32. The standard InChI is InChI=1S/C10H10ClN5O2S/c1-16-10(13-14-15-16)12-6-7-3-4-8(5-9(7)11)19(2,17)18/h3-6H,1-2H3/b12-6+. The Labute approximate surface area is 114 Å². The Morgan fingerprint density at radius 1 is 1.42 bits per heavy atom. The van der Waals surface area contributed by atoms with Crippen molar-refractivity contribution >= 4 is 33.6 Å². The van der Waals surface area contributed by atoms with Gasteiger partial charge in [-0.3, -0.25) is 0 Å². The molecule has 0 unspecified atom stereocenters. The number of nitrogens with zero attached hydrogens (tertiary/aromatic N) is 5. The van der Waals surface area contributed by atoms with E-state index in [1.807, 2.05) is 0 Å². The number of halogens is 1. The second kappa shape index (κ2) is 5.06. The fraction of sp³-hybridized carbons (Fsp3) is 0.200. The lowest BCUT2D eigenvalue weighted by Crippen LogP contribution is -1.97. The molecule has 1 aromatic heterocycles. The second-order valence-corrected chi connectivity index (χ2v) is 6.24. The van der Waals surface area contributed by atoms with Crippen LogP contribution in [-0.2, 0) is 16.9 Å². The Morgan fingerprint density at radius 3 is 2.68 bits per heavy atom. The van der Waals surface area contributed by atoms with Crippen molar-refractivity contribution in [1.82, 2.24) is 20.2 Å². The summed E-state index contributed by atoms with van der Waals surface area (Å²) in [5.74, 6) is 0.322. The van der Waals surface area contributed by atoms with E-state index in [1.54, 1.807) is 13.1 Å². The number of aryl methyl sites for hydroxylation is 1. The molecule has 1 heterocycles. The zero-order valence-electron chi connectivity index (χ0n) is 10.1. The van der Waals surface area contributed by atoms with Crippen LogP contribution in [0.15, 0.2) is 28.1 Å². The van der Waals surface area contributed by atoms with Gasteiger partial charge in [0.1, 0.15) is 0 Å². The molecule has 0 aliphatic heterocycles. The predicted octanol–water partition coefficient (Wildman–Crippen LogP) is 1.02. The molecule has 0 saturated heterocycles. The highest BCUT2D eigenvalue weighted by molar-refractivity contribution is 7.90. The predicted molar refractivity (Wildman–Crippen MR) is 70.6 cm³/mol. The maximum absolute atomic E-state index is 11.4. The normalized spacial score (nSPS) is 12.2. The highest BCUT2D eigenvalue weighted by Gasteiger charge is 2.09. The Balaban J connectivity index is 2.33. The first kappa shape index (κ1) is 13.6. The molecular weight excluding hydrogens is 290 g/mol. The summed E-state index contributed by atoms with van der Waals surface area (Å²) in [6.07, 6.45) is 2.59. The zero-order chi connectivity index (χ0) is 14.0. The average Bonchev–Trinajstić information content (AvgIpc) is 2.72. The van der Waals surface area contributed by atoms with Crippen molar-refractivity contribution in [3.05, 3.63) is 28.8 Å². The van der Waals surface area contributed by atoms with Crippen molar-refractivity contribution in [3.8, 4) is 0 Å². The van der Waals surface area contributed by atoms with E-state index in [1.165, 1.54) is 23.0 Å². The molecule has 19 heavy (non-hydrogen) atoms. The molecule has 0 fully saturated rings. The van der Waals surface area contributed by atoms with Gasteiger partial charge in [-0.15, -0.1) is 0 Å². The summed E-state index contributed by atoms with van der Waals surface area (Å²) in [7, 11) is -1.62. The van der Waals surface area contributed by atoms with Gasteiger partial charge < -0.3 is 0 Å². The zero-order valence-corrected chi connectivity index (χ0v) is 11.7. The molecule has 2 aromatic rings. The van der Waals surface area contributed by atoms with Crippen LogP contribution in [0.25, 0.3) is 0 Å². The number of hydrogen-bond acceptors (Lipinski definition) is 6. The third-order valence-corrected chi connectivity index (χ3v) is 3.75. The van der Waals surface area contributed by atoms with Gasteiger partial charge >= 0.3 is 0 Å². The van der Waals surface area contributed by atoms with Gasteiger partial charge in [-0.2, -0.15) is 0 Å². The smallest absolute Gasteiger partial charge is 0.224 e. The van der Waals surface area contributed by atoms with E-state index in [4.69, 9.17) is 11.6 Å². The van der Waals surface area contributed by atoms with E-state index < -0.39 is 9.84 Å². The van der Waals surface area contributed by atoms with Gasteiger partial charge in [0, 0.05) is 25.1 Å². The maximum Gasteiger partial charge on any atom is 0.268 e. The van der Waals surface area contributed by atoms with Gasteiger partial charge in [0.2, 0.25) is 0 Å². The van der Waals surface area contributed by atoms with Crippen LogP contribution in [0.5, 0.6) is 0 Å². The summed E-state index contributed by atoms with van der Waals surface area (Å²) < 4.78 is 24.1. The second-order valence-electron chi connectivity index (χ2n) is 3.82. The van der Waals surface area contributed by atoms with Crippen LogP contribution in [-0.4, -0.2) is 41.1 Å². The van der Waals surface area contributed by atoms with Crippen molar-refractivity contribution in [1.29, 1.82) is 0 Å². The van der Waals surface area contributed by atoms with Gasteiger partial charge in [0.25, 0.3) is 5.95 Å². The van der Waals surface area contributed by atoms with Crippen LogP contribution in [0.4, 0.5) is 5.95 Å². The lowest BCUT2D eigenvalue weighted by atomic mass is 10.2. The molecule has 0 saturated carbocycles. The SMILES string of the molecule is Cn1nnnc1/N=C/c1ccc(S(C)(=O)=O)cc1Cl. The Hall–Kier alpha value is -1.80. The number of aromatic nitrogens is 4. The highest BCUT2D eigenvalue weighted by atomic mass is 35.5.